The molecule has 1 aromatic rings. The molecule has 7 heteroatoms. The first-order valence-corrected chi connectivity index (χ1v) is 5.26. The molecule has 1 atom stereocenters. The van der Waals surface area contributed by atoms with E-state index in [0.717, 1.165) is 5.56 Å². The minimum atomic E-state index is -1.50. The van der Waals surface area contributed by atoms with Crippen LogP contribution in [0.4, 0.5) is 0 Å². The van der Waals surface area contributed by atoms with Crippen LogP contribution in [0.15, 0.2) is 30.3 Å². The Bertz CT molecular complexity index is 365. The van der Waals surface area contributed by atoms with E-state index in [2.05, 4.69) is 0 Å². The van der Waals surface area contributed by atoms with Crippen molar-refractivity contribution >= 4 is 5.97 Å². The molecule has 3 N–H and O–H groups in total. The fraction of sp³-hybridized carbons (Fsp3) is 0.364. The smallest absolute Gasteiger partial charge is 0.323 e. The molecule has 0 bridgehead atoms. The highest BCUT2D eigenvalue weighted by molar-refractivity contribution is 5.75. The fourth-order valence-electron chi connectivity index (χ4n) is 1.20. The summed E-state index contributed by atoms with van der Waals surface area (Å²) in [6, 6.07) is 9.11. The van der Waals surface area contributed by atoms with Gasteiger partial charge in [0.25, 0.3) is 5.09 Å². The summed E-state index contributed by atoms with van der Waals surface area (Å²) in [6.07, 6.45) is 0.527. The van der Waals surface area contributed by atoms with Gasteiger partial charge < -0.3 is 15.7 Å². The molecule has 0 amide bonds. The van der Waals surface area contributed by atoms with Gasteiger partial charge in [0.15, 0.2) is 0 Å². The summed E-state index contributed by atoms with van der Waals surface area (Å²) in [6.45, 7) is 2.15. The summed E-state index contributed by atoms with van der Waals surface area (Å²) < 4.78 is 4.81. The van der Waals surface area contributed by atoms with Crippen LogP contribution in [0.5, 0.6) is 0 Å². The molecule has 0 fully saturated rings. The lowest BCUT2D eigenvalue weighted by molar-refractivity contribution is -0.742. The Kier molecular flexibility index (Phi) is 7.87. The first-order valence-electron chi connectivity index (χ1n) is 5.26. The van der Waals surface area contributed by atoms with Crippen LogP contribution < -0.4 is 5.73 Å². The Labute approximate surface area is 104 Å². The maximum Gasteiger partial charge on any atom is 0.323 e. The SMILES string of the molecule is CCOC(=O)C(N)Cc1ccccc1.O=[N+]([O-])O. The molecule has 0 radical (unpaired) electrons. The van der Waals surface area contributed by atoms with Crippen molar-refractivity contribution in [3.05, 3.63) is 46.0 Å². The Hall–Kier alpha value is -2.15. The number of nitrogens with two attached hydrogens (primary N) is 1. The second-order valence-electron chi connectivity index (χ2n) is 3.29. The molecule has 1 rings (SSSR count). The molecule has 100 valence electrons. The van der Waals surface area contributed by atoms with Gasteiger partial charge in [-0.05, 0) is 18.9 Å². The van der Waals surface area contributed by atoms with Gasteiger partial charge in [-0.15, -0.1) is 10.1 Å². The summed E-state index contributed by atoms with van der Waals surface area (Å²) >= 11 is 0. The molecule has 7 nitrogen and oxygen atoms in total. The second kappa shape index (κ2) is 8.94. The summed E-state index contributed by atoms with van der Waals surface area (Å²) in [4.78, 5) is 19.6. The van der Waals surface area contributed by atoms with E-state index in [1.807, 2.05) is 30.3 Å². The van der Waals surface area contributed by atoms with Gasteiger partial charge >= 0.3 is 5.97 Å². The number of ether oxygens (including phenoxy) is 1. The van der Waals surface area contributed by atoms with Crippen LogP contribution in [-0.4, -0.2) is 28.9 Å². The van der Waals surface area contributed by atoms with Crippen LogP contribution in [0.1, 0.15) is 12.5 Å². The van der Waals surface area contributed by atoms with Gasteiger partial charge in [0, 0.05) is 0 Å². The number of carbonyl (C=O) groups excluding carboxylic acids is 1. The van der Waals surface area contributed by atoms with Crippen LogP contribution in [-0.2, 0) is 16.0 Å². The predicted octanol–water partition coefficient (Wildman–Crippen LogP) is 0.772. The molecule has 18 heavy (non-hydrogen) atoms. The van der Waals surface area contributed by atoms with Crippen LogP contribution in [0.2, 0.25) is 0 Å². The van der Waals surface area contributed by atoms with E-state index < -0.39 is 11.1 Å². The van der Waals surface area contributed by atoms with E-state index in [1.54, 1.807) is 6.92 Å². The van der Waals surface area contributed by atoms with Crippen molar-refractivity contribution in [1.29, 1.82) is 0 Å². The van der Waals surface area contributed by atoms with Crippen molar-refractivity contribution in [3.63, 3.8) is 0 Å². The minimum Gasteiger partial charge on any atom is -0.465 e. The molecular weight excluding hydrogens is 240 g/mol. The lowest BCUT2D eigenvalue weighted by atomic mass is 10.1. The number of hydrogen-bond acceptors (Lipinski definition) is 5. The van der Waals surface area contributed by atoms with Crippen molar-refractivity contribution < 1.29 is 19.8 Å². The number of benzene rings is 1. The highest BCUT2D eigenvalue weighted by atomic mass is 16.9. The fourth-order valence-corrected chi connectivity index (χ4v) is 1.20. The average Bonchev–Trinajstić information content (AvgIpc) is 2.30. The minimum absolute atomic E-state index is 0.337. The Morgan fingerprint density at radius 1 is 1.50 bits per heavy atom. The zero-order valence-corrected chi connectivity index (χ0v) is 9.98. The van der Waals surface area contributed by atoms with E-state index in [1.165, 1.54) is 0 Å². The third-order valence-electron chi connectivity index (χ3n) is 1.89. The number of nitrogens with zero attached hydrogens (tertiary/aromatic N) is 1. The van der Waals surface area contributed by atoms with Crippen LogP contribution in [0, 0.1) is 10.1 Å². The highest BCUT2D eigenvalue weighted by Gasteiger charge is 2.14. The Morgan fingerprint density at radius 2 is 2.00 bits per heavy atom. The Morgan fingerprint density at radius 3 is 2.44 bits per heavy atom. The van der Waals surface area contributed by atoms with Gasteiger partial charge in [-0.1, -0.05) is 30.3 Å². The first kappa shape index (κ1) is 15.9. The molecule has 0 saturated heterocycles. The monoisotopic (exact) mass is 256 g/mol. The summed E-state index contributed by atoms with van der Waals surface area (Å²) in [5.74, 6) is -0.337. The molecule has 0 aromatic heterocycles. The zero-order valence-electron chi connectivity index (χ0n) is 9.98. The van der Waals surface area contributed by atoms with Gasteiger partial charge in [-0.3, -0.25) is 4.79 Å². The van der Waals surface area contributed by atoms with Crippen molar-refractivity contribution in [2.45, 2.75) is 19.4 Å². The predicted molar refractivity (Wildman–Crippen MR) is 63.5 cm³/mol. The number of carbonyl (C=O) groups is 1. The van der Waals surface area contributed by atoms with E-state index in [4.69, 9.17) is 25.8 Å². The largest absolute Gasteiger partial charge is 0.465 e. The van der Waals surface area contributed by atoms with Gasteiger partial charge in [0.05, 0.1) is 6.61 Å². The first-order chi connectivity index (χ1) is 8.47. The standard InChI is InChI=1S/C11H15NO2.HNO3/c1-2-14-11(13)10(12)8-9-6-4-3-5-7-9;2-1(3)4/h3-7,10H,2,8,12H2,1H3;(H,2,3,4). The van der Waals surface area contributed by atoms with Crippen LogP contribution in [0.25, 0.3) is 0 Å². The molecule has 0 aliphatic heterocycles. The van der Waals surface area contributed by atoms with Crippen molar-refractivity contribution in [2.24, 2.45) is 5.73 Å². The lowest BCUT2D eigenvalue weighted by Crippen LogP contribution is -2.34. The quantitative estimate of drug-likeness (QED) is 0.467. The van der Waals surface area contributed by atoms with E-state index in [0.29, 0.717) is 13.0 Å². The maximum atomic E-state index is 11.2. The molecule has 0 aliphatic rings. The second-order valence-corrected chi connectivity index (χ2v) is 3.29. The molecule has 1 aromatic carbocycles. The molecule has 1 unspecified atom stereocenters. The van der Waals surface area contributed by atoms with E-state index >= 15 is 0 Å². The average molecular weight is 256 g/mol. The summed E-state index contributed by atoms with van der Waals surface area (Å²) in [7, 11) is 0. The maximum absolute atomic E-state index is 11.2. The highest BCUT2D eigenvalue weighted by Crippen LogP contribution is 2.02. The molecule has 0 saturated carbocycles. The van der Waals surface area contributed by atoms with Gasteiger partial charge in [0.2, 0.25) is 0 Å². The van der Waals surface area contributed by atoms with Crippen LogP contribution >= 0.6 is 0 Å². The third kappa shape index (κ3) is 8.05. The lowest BCUT2D eigenvalue weighted by Gasteiger charge is -2.09. The molecule has 0 heterocycles. The van der Waals surface area contributed by atoms with Gasteiger partial charge in [-0.25, -0.2) is 0 Å². The van der Waals surface area contributed by atoms with Crippen molar-refractivity contribution in [1.82, 2.24) is 0 Å². The molecular formula is C11H16N2O5. The number of esters is 1. The number of hydrogen-bond donors (Lipinski definition) is 2. The summed E-state index contributed by atoms with van der Waals surface area (Å²) in [5.41, 5.74) is 6.71. The molecule has 0 spiro atoms. The van der Waals surface area contributed by atoms with Crippen molar-refractivity contribution in [3.8, 4) is 0 Å². The van der Waals surface area contributed by atoms with E-state index in [9.17, 15) is 4.79 Å². The topological polar surface area (TPSA) is 116 Å². The van der Waals surface area contributed by atoms with Crippen molar-refractivity contribution in [2.75, 3.05) is 6.61 Å². The third-order valence-corrected chi connectivity index (χ3v) is 1.89. The Balaban J connectivity index is 0.000000631. The summed E-state index contributed by atoms with van der Waals surface area (Å²) in [5, 5.41) is 13.6. The van der Waals surface area contributed by atoms with Gasteiger partial charge in [0.1, 0.15) is 6.04 Å². The van der Waals surface area contributed by atoms with E-state index in [-0.39, 0.29) is 5.97 Å². The normalized spacial score (nSPS) is 10.8. The number of rotatable bonds is 4. The van der Waals surface area contributed by atoms with Gasteiger partial charge in [-0.2, -0.15) is 0 Å². The molecule has 0 aliphatic carbocycles. The zero-order chi connectivity index (χ0) is 14.0. The van der Waals surface area contributed by atoms with Crippen LogP contribution in [0.3, 0.4) is 0 Å².